The topological polar surface area (TPSA) is 0 Å². The zero-order valence-corrected chi connectivity index (χ0v) is 52.0. The molecule has 0 heterocycles. The third-order valence-corrected chi connectivity index (χ3v) is 14.5. The van der Waals surface area contributed by atoms with Gasteiger partial charge in [-0.1, -0.05) is 249 Å². The van der Waals surface area contributed by atoms with E-state index in [2.05, 4.69) is 264 Å². The second-order valence-corrected chi connectivity index (χ2v) is 31.0. The fourth-order valence-corrected chi connectivity index (χ4v) is 11.5. The van der Waals surface area contributed by atoms with E-state index in [1.165, 1.54) is 133 Å². The Balaban J connectivity index is 0.000000225. The van der Waals surface area contributed by atoms with Crippen molar-refractivity contribution in [2.75, 3.05) is 0 Å². The number of benzene rings is 8. The number of hydrogen-bond donors (Lipinski definition) is 0. The van der Waals surface area contributed by atoms with Gasteiger partial charge in [0.15, 0.2) is 0 Å². The fraction of sp³-hybridized carbons (Fsp3) is 0.250. The number of halogens is 2. The molecule has 388 valence electrons. The van der Waals surface area contributed by atoms with E-state index < -0.39 is 0 Å². The summed E-state index contributed by atoms with van der Waals surface area (Å²) in [4.78, 5) is 0. The van der Waals surface area contributed by atoms with Crippen LogP contribution in [0.1, 0.15) is 105 Å². The van der Waals surface area contributed by atoms with Crippen LogP contribution >= 0.6 is 0 Å². The Kier molecular flexibility index (Phi) is 21.5. The van der Waals surface area contributed by atoms with Crippen molar-refractivity contribution in [3.63, 3.8) is 0 Å². The molecule has 76 heavy (non-hydrogen) atoms. The van der Waals surface area contributed by atoms with Crippen LogP contribution in [0.2, 0.25) is 13.1 Å². The van der Waals surface area contributed by atoms with Crippen molar-refractivity contribution in [1.82, 2.24) is 0 Å². The Hall–Kier alpha value is -5.34. The van der Waals surface area contributed by atoms with E-state index in [9.17, 15) is 0 Å². The second-order valence-electron chi connectivity index (χ2n) is 21.6. The van der Waals surface area contributed by atoms with Crippen LogP contribution in [-0.4, -0.2) is 5.43 Å². The molecule has 0 aliphatic rings. The molecule has 0 aliphatic heterocycles. The summed E-state index contributed by atoms with van der Waals surface area (Å²) in [6.45, 7) is 26.8. The van der Waals surface area contributed by atoms with E-state index in [1.54, 1.807) is 23.3 Å². The maximum absolute atomic E-state index is 2.46. The average molecular weight is 1130 g/mol. The molecule has 0 aliphatic carbocycles. The van der Waals surface area contributed by atoms with Crippen LogP contribution in [0.3, 0.4) is 0 Å². The first-order valence-electron chi connectivity index (χ1n) is 27.0. The first-order chi connectivity index (χ1) is 35.5. The molecule has 0 saturated carbocycles. The van der Waals surface area contributed by atoms with E-state index in [-0.39, 0.29) is 30.2 Å². The van der Waals surface area contributed by atoms with Gasteiger partial charge in [-0.05, 0) is 115 Å². The Morgan fingerprint density at radius 2 is 0.618 bits per heavy atom. The number of hydrogen-bond acceptors (Lipinski definition) is 0. The fourth-order valence-electron chi connectivity index (χ4n) is 11.5. The minimum Gasteiger partial charge on any atom is -1.00 e. The van der Waals surface area contributed by atoms with Gasteiger partial charge >= 0.3 is 41.9 Å². The smallest absolute Gasteiger partial charge is 1.00 e. The van der Waals surface area contributed by atoms with Crippen molar-refractivity contribution in [2.45, 2.75) is 120 Å². The largest absolute Gasteiger partial charge is 1.00 e. The Morgan fingerprint density at radius 1 is 0.368 bits per heavy atom. The maximum atomic E-state index is 2.46. The standard InChI is InChI=1S/2C35H35.C2H6Si.2ClH.Zr/c2*1-6-28(29-10-8-7-9-11-29)20-27-21-34-32(30-16-23(2)14-24(3)17-30)12-13-33(35(34)22-27)31-18-25(4)15-26(5)19-31;1-3-2;;;/h2*7-19,21-22,28H,6,20H2,1-5H3;1-2H3;2*1H;/q2*-1;;;;+2/p-2. The molecule has 0 amide bonds. The molecule has 10 rings (SSSR count). The molecule has 2 atom stereocenters. The van der Waals surface area contributed by atoms with Crippen LogP contribution in [0.4, 0.5) is 0 Å². The maximum Gasteiger partial charge on any atom is -1.00 e. The van der Waals surface area contributed by atoms with E-state index in [4.69, 9.17) is 0 Å². The molecule has 0 N–H and O–H groups in total. The molecular weight excluding hydrogens is 1060 g/mol. The van der Waals surface area contributed by atoms with Gasteiger partial charge in [-0.15, -0.1) is 44.8 Å². The normalized spacial score (nSPS) is 11.7. The summed E-state index contributed by atoms with van der Waals surface area (Å²) in [7, 11) is 0. The van der Waals surface area contributed by atoms with Crippen LogP contribution in [0, 0.1) is 55.4 Å². The van der Waals surface area contributed by atoms with Gasteiger partial charge in [0.05, 0.1) is 0 Å². The molecule has 0 nitrogen and oxygen atoms in total. The quantitative estimate of drug-likeness (QED) is 0.0845. The summed E-state index contributed by atoms with van der Waals surface area (Å²) < 4.78 is 0. The van der Waals surface area contributed by atoms with Crippen LogP contribution in [0.5, 0.6) is 0 Å². The van der Waals surface area contributed by atoms with Crippen molar-refractivity contribution >= 4 is 27.0 Å². The van der Waals surface area contributed by atoms with Gasteiger partial charge in [-0.2, -0.15) is 12.1 Å². The molecule has 0 saturated heterocycles. The first-order valence-corrected chi connectivity index (χ1v) is 33.1. The van der Waals surface area contributed by atoms with Crippen molar-refractivity contribution in [2.24, 2.45) is 0 Å². The van der Waals surface area contributed by atoms with Crippen LogP contribution in [0.25, 0.3) is 66.1 Å². The second kappa shape index (κ2) is 27.3. The van der Waals surface area contributed by atoms with Gasteiger partial charge in [0.1, 0.15) is 0 Å². The zero-order valence-electron chi connectivity index (χ0n) is 47.1. The van der Waals surface area contributed by atoms with Gasteiger partial charge in [-0.3, -0.25) is 0 Å². The molecule has 2 unspecified atom stereocenters. The predicted molar refractivity (Wildman–Crippen MR) is 323 cm³/mol. The summed E-state index contributed by atoms with van der Waals surface area (Å²) >= 11 is 1.74. The number of fused-ring (bicyclic) bond motifs is 2. The molecule has 0 aromatic heterocycles. The summed E-state index contributed by atoms with van der Waals surface area (Å²) in [6, 6.07) is 68.8. The zero-order chi connectivity index (χ0) is 52.6. The minimum atomic E-state index is 0. The molecule has 4 heteroatoms. The Bertz CT molecular complexity index is 3060. The van der Waals surface area contributed by atoms with Gasteiger partial charge in [0.2, 0.25) is 0 Å². The predicted octanol–water partition coefficient (Wildman–Crippen LogP) is 14.5. The Morgan fingerprint density at radius 3 is 0.882 bits per heavy atom. The molecular formula is C72H76Cl2SiZr-2. The number of rotatable bonds is 12. The van der Waals surface area contributed by atoms with Gasteiger partial charge < -0.3 is 24.8 Å². The van der Waals surface area contributed by atoms with Crippen LogP contribution < -0.4 is 24.8 Å². The van der Waals surface area contributed by atoms with Crippen molar-refractivity contribution in [3.05, 3.63) is 249 Å². The third kappa shape index (κ3) is 15.0. The van der Waals surface area contributed by atoms with Gasteiger partial charge in [0, 0.05) is 0 Å². The first kappa shape index (κ1) is 59.9. The molecule has 10 aromatic carbocycles. The average Bonchev–Trinajstić information content (AvgIpc) is 3.98. The minimum absolute atomic E-state index is 0. The Labute approximate surface area is 484 Å². The molecule has 0 fully saturated rings. The van der Waals surface area contributed by atoms with Gasteiger partial charge in [-0.25, -0.2) is 0 Å². The molecule has 10 aromatic rings. The summed E-state index contributed by atoms with van der Waals surface area (Å²) in [5.41, 5.74) is 27.0. The van der Waals surface area contributed by atoms with Gasteiger partial charge in [0.25, 0.3) is 0 Å². The van der Waals surface area contributed by atoms with E-state index >= 15 is 0 Å². The van der Waals surface area contributed by atoms with E-state index in [1.807, 2.05) is 0 Å². The summed E-state index contributed by atoms with van der Waals surface area (Å²) in [5, 5.41) is 5.46. The number of aryl methyl sites for hydroxylation is 8. The van der Waals surface area contributed by atoms with Crippen molar-refractivity contribution in [1.29, 1.82) is 0 Å². The monoisotopic (exact) mass is 1130 g/mol. The van der Waals surface area contributed by atoms with E-state index in [0.717, 1.165) is 25.7 Å². The van der Waals surface area contributed by atoms with Crippen LogP contribution in [0.15, 0.2) is 182 Å². The van der Waals surface area contributed by atoms with Crippen molar-refractivity contribution in [3.8, 4) is 44.5 Å². The SMILES string of the molecule is CCC(Cc1cc2c(-c3cc(C)cc(C)c3)ccc(-c3cc(C)cc(C)c3)c2[cH-]1)c1ccccc1.CCC(Cc1cc2c(-c3cc(C)cc(C)c3)ccc(-c3cc(C)cc(C)c3)c2[cH-]1)c1ccccc1.C[Si](C)=[Zr+2].[Cl-].[Cl-]. The van der Waals surface area contributed by atoms with E-state index in [0.29, 0.717) is 11.8 Å². The summed E-state index contributed by atoms with van der Waals surface area (Å²) in [5.74, 6) is 1.06. The van der Waals surface area contributed by atoms with Crippen molar-refractivity contribution < 1.29 is 48.1 Å². The molecule has 0 bridgehead atoms. The molecule has 0 spiro atoms. The van der Waals surface area contributed by atoms with Crippen LogP contribution in [-0.2, 0) is 36.2 Å². The molecule has 0 radical (unpaired) electrons. The summed E-state index contributed by atoms with van der Waals surface area (Å²) in [6.07, 6.45) is 4.40. The third-order valence-electron chi connectivity index (χ3n) is 14.5.